The number of carbonyl (C=O) groups is 2. The number of aliphatic carboxylic acids is 1. The van der Waals surface area contributed by atoms with E-state index >= 15 is 0 Å². The van der Waals surface area contributed by atoms with Crippen LogP contribution in [0.15, 0.2) is 71.2 Å². The highest BCUT2D eigenvalue weighted by Gasteiger charge is 2.46. The van der Waals surface area contributed by atoms with E-state index in [-0.39, 0.29) is 12.2 Å². The van der Waals surface area contributed by atoms with Crippen LogP contribution in [0.3, 0.4) is 0 Å². The zero-order valence-corrected chi connectivity index (χ0v) is 24.6. The van der Waals surface area contributed by atoms with Gasteiger partial charge < -0.3 is 24.5 Å². The highest BCUT2D eigenvalue weighted by Crippen LogP contribution is 2.36. The summed E-state index contributed by atoms with van der Waals surface area (Å²) in [6.07, 6.45) is 4.64. The maximum absolute atomic E-state index is 13.9. The summed E-state index contributed by atoms with van der Waals surface area (Å²) in [5.74, 6) is -2.58. The Labute approximate surface area is 245 Å². The lowest BCUT2D eigenvalue weighted by molar-refractivity contribution is -0.140. The molecule has 5 rings (SSSR count). The van der Waals surface area contributed by atoms with Crippen molar-refractivity contribution >= 4 is 44.1 Å². The van der Waals surface area contributed by atoms with E-state index in [4.69, 9.17) is 9.15 Å². The minimum Gasteiger partial charge on any atom is -0.480 e. The number of furan rings is 1. The number of amides is 1. The molecule has 1 unspecified atom stereocenters. The molecule has 1 aliphatic heterocycles. The van der Waals surface area contributed by atoms with Gasteiger partial charge in [-0.25, -0.2) is 8.42 Å². The number of rotatable bonds is 9. The van der Waals surface area contributed by atoms with Crippen molar-refractivity contribution in [2.45, 2.75) is 38.1 Å². The minimum absolute atomic E-state index is 0.00911. The number of nitrogens with one attached hydrogen (secondary N) is 2. The Kier molecular flexibility index (Phi) is 8.27. The van der Waals surface area contributed by atoms with Gasteiger partial charge in [-0.15, -0.1) is 0 Å². The van der Waals surface area contributed by atoms with Crippen LogP contribution in [0, 0.1) is 12.8 Å². The summed E-state index contributed by atoms with van der Waals surface area (Å²) in [6, 6.07) is 13.6. The second-order valence-electron chi connectivity index (χ2n) is 10.9. The summed E-state index contributed by atoms with van der Waals surface area (Å²) in [4.78, 5) is 26.0. The average Bonchev–Trinajstić information content (AvgIpc) is 3.33. The molecule has 222 valence electrons. The van der Waals surface area contributed by atoms with Crippen molar-refractivity contribution in [3.8, 4) is 0 Å². The van der Waals surface area contributed by atoms with E-state index in [1.807, 2.05) is 42.5 Å². The van der Waals surface area contributed by atoms with Crippen LogP contribution in [-0.2, 0) is 19.6 Å². The first kappa shape index (κ1) is 29.6. The zero-order valence-electron chi connectivity index (χ0n) is 23.8. The van der Waals surface area contributed by atoms with Crippen molar-refractivity contribution in [2.75, 3.05) is 31.2 Å². The topological polar surface area (TPSA) is 138 Å². The average molecular weight is 594 g/mol. The molecule has 2 atom stereocenters. The van der Waals surface area contributed by atoms with Crippen LogP contribution in [0.1, 0.15) is 41.9 Å². The first-order valence-electron chi connectivity index (χ1n) is 13.9. The number of allylic oxidation sites excluding steroid dienone is 2. The molecule has 3 N–H and O–H groups in total. The molecule has 11 heteroatoms. The van der Waals surface area contributed by atoms with E-state index in [2.05, 4.69) is 14.9 Å². The third kappa shape index (κ3) is 5.59. The number of anilines is 1. The number of hydrogen-bond acceptors (Lipinski definition) is 7. The summed E-state index contributed by atoms with van der Waals surface area (Å²) in [5.41, 5.74) is 3.66. The number of carbonyl (C=O) groups excluding carboxylic acids is 1. The van der Waals surface area contributed by atoms with Gasteiger partial charge in [-0.05, 0) is 42.2 Å². The molecule has 1 fully saturated rings. The molecule has 1 saturated heterocycles. The summed E-state index contributed by atoms with van der Waals surface area (Å²) in [5, 5.41) is 13.2. The number of benzene rings is 2. The van der Waals surface area contributed by atoms with Gasteiger partial charge in [0.1, 0.15) is 11.6 Å². The Morgan fingerprint density at radius 2 is 1.76 bits per heavy atom. The molecular weight excluding hydrogens is 558 g/mol. The van der Waals surface area contributed by atoms with E-state index in [9.17, 15) is 23.1 Å². The van der Waals surface area contributed by atoms with Gasteiger partial charge in [-0.1, -0.05) is 62.4 Å². The van der Waals surface area contributed by atoms with Crippen molar-refractivity contribution in [3.63, 3.8) is 0 Å². The summed E-state index contributed by atoms with van der Waals surface area (Å²) < 4.78 is 41.7. The normalized spacial score (nSPS) is 20.0. The summed E-state index contributed by atoms with van der Waals surface area (Å²) in [6.45, 7) is 7.56. The van der Waals surface area contributed by atoms with Crippen LogP contribution >= 0.6 is 0 Å². The number of hydrogen-bond donors (Lipinski definition) is 3. The Morgan fingerprint density at radius 3 is 2.38 bits per heavy atom. The molecule has 1 amide bonds. The Bertz CT molecular complexity index is 1650. The SMILES string of the molecule is Cc1c(C(=O)NC2(S(=O)(=O)N[C@H](C(=O)O)C(C)C)C=CC(c3ccccc3)=CC2)oc2cccc(N3CCOCC3)c12. The van der Waals surface area contributed by atoms with Gasteiger partial charge in [-0.2, -0.15) is 4.72 Å². The second kappa shape index (κ2) is 11.7. The number of sulfonamides is 1. The number of aryl methyl sites for hydroxylation is 1. The molecule has 0 spiro atoms. The van der Waals surface area contributed by atoms with Gasteiger partial charge in [0.05, 0.1) is 13.2 Å². The molecule has 42 heavy (non-hydrogen) atoms. The molecule has 1 aliphatic carbocycles. The lowest BCUT2D eigenvalue weighted by Gasteiger charge is -2.34. The predicted molar refractivity (Wildman–Crippen MR) is 161 cm³/mol. The van der Waals surface area contributed by atoms with E-state index in [1.165, 1.54) is 6.08 Å². The Hall–Kier alpha value is -3.93. The van der Waals surface area contributed by atoms with Crippen molar-refractivity contribution in [2.24, 2.45) is 5.92 Å². The number of morpholine rings is 1. The fourth-order valence-electron chi connectivity index (χ4n) is 5.38. The van der Waals surface area contributed by atoms with Crippen LogP contribution in [-0.4, -0.2) is 62.6 Å². The Morgan fingerprint density at radius 1 is 1.05 bits per heavy atom. The third-order valence-corrected chi connectivity index (χ3v) is 9.70. The molecule has 0 bridgehead atoms. The molecular formula is C31H35N3O7S. The van der Waals surface area contributed by atoms with E-state index in [0.29, 0.717) is 37.4 Å². The summed E-state index contributed by atoms with van der Waals surface area (Å²) >= 11 is 0. The number of carboxylic acids is 1. The van der Waals surface area contributed by atoms with E-state index < -0.39 is 38.7 Å². The van der Waals surface area contributed by atoms with Crippen molar-refractivity contribution in [1.82, 2.24) is 10.0 Å². The fourth-order valence-corrected chi connectivity index (χ4v) is 7.08. The first-order valence-corrected chi connectivity index (χ1v) is 15.4. The first-order chi connectivity index (χ1) is 20.0. The van der Waals surface area contributed by atoms with E-state index in [1.54, 1.807) is 39.0 Å². The van der Waals surface area contributed by atoms with Crippen LogP contribution in [0.2, 0.25) is 0 Å². The van der Waals surface area contributed by atoms with Crippen LogP contribution in [0.5, 0.6) is 0 Å². The van der Waals surface area contributed by atoms with E-state index in [0.717, 1.165) is 22.2 Å². The van der Waals surface area contributed by atoms with Gasteiger partial charge in [0, 0.05) is 36.1 Å². The molecule has 1 aromatic heterocycles. The van der Waals surface area contributed by atoms with Gasteiger partial charge in [0.25, 0.3) is 5.91 Å². The molecule has 10 nitrogen and oxygen atoms in total. The van der Waals surface area contributed by atoms with Crippen LogP contribution in [0.4, 0.5) is 5.69 Å². The quantitative estimate of drug-likeness (QED) is 0.338. The lowest BCUT2D eigenvalue weighted by atomic mass is 9.96. The van der Waals surface area contributed by atoms with Crippen molar-refractivity contribution < 1.29 is 32.3 Å². The zero-order chi connectivity index (χ0) is 30.1. The maximum atomic E-state index is 13.9. The molecule has 2 aromatic carbocycles. The summed E-state index contributed by atoms with van der Waals surface area (Å²) in [7, 11) is -4.47. The number of fused-ring (bicyclic) bond motifs is 1. The molecule has 3 aromatic rings. The number of ether oxygens (including phenoxy) is 1. The van der Waals surface area contributed by atoms with Crippen LogP contribution < -0.4 is 14.9 Å². The smallest absolute Gasteiger partial charge is 0.321 e. The Balaban J connectivity index is 1.52. The number of carboxylic acid groups (broad SMARTS) is 1. The highest BCUT2D eigenvalue weighted by atomic mass is 32.2. The minimum atomic E-state index is -4.47. The third-order valence-electron chi connectivity index (χ3n) is 7.77. The molecule has 0 radical (unpaired) electrons. The highest BCUT2D eigenvalue weighted by molar-refractivity contribution is 7.91. The molecule has 2 aliphatic rings. The maximum Gasteiger partial charge on any atom is 0.321 e. The predicted octanol–water partition coefficient (Wildman–Crippen LogP) is 4.08. The van der Waals surface area contributed by atoms with Crippen LogP contribution in [0.25, 0.3) is 16.5 Å². The van der Waals surface area contributed by atoms with Gasteiger partial charge >= 0.3 is 5.97 Å². The van der Waals surface area contributed by atoms with Crippen molar-refractivity contribution in [3.05, 3.63) is 83.6 Å². The fraction of sp³-hybridized carbons (Fsp3) is 0.355. The monoisotopic (exact) mass is 593 g/mol. The number of nitrogens with zero attached hydrogens (tertiary/aromatic N) is 1. The van der Waals surface area contributed by atoms with Crippen molar-refractivity contribution in [1.29, 1.82) is 0 Å². The van der Waals surface area contributed by atoms with Gasteiger partial charge in [-0.3, -0.25) is 9.59 Å². The van der Waals surface area contributed by atoms with Gasteiger partial charge in [0.15, 0.2) is 10.6 Å². The lowest BCUT2D eigenvalue weighted by Crippen LogP contribution is -2.60. The molecule has 0 saturated carbocycles. The molecule has 2 heterocycles. The standard InChI is InChI=1S/C31H35N3O7S/c1-20(2)27(30(36)37)33-42(38,39)31(14-12-23(13-15-31)22-8-5-4-6-9-22)32-29(35)28-21(3)26-24(10-7-11-25(26)41-28)34-16-18-40-19-17-34/h4-14,20,27,33H,15-19H2,1-3H3,(H,32,35)(H,36,37)/t27-,31?/m0/s1. The largest absolute Gasteiger partial charge is 0.480 e. The second-order valence-corrected chi connectivity index (χ2v) is 12.9. The van der Waals surface area contributed by atoms with Gasteiger partial charge in [0.2, 0.25) is 10.0 Å².